The highest BCUT2D eigenvalue weighted by molar-refractivity contribution is 5.92. The van der Waals surface area contributed by atoms with Gasteiger partial charge in [-0.25, -0.2) is 9.97 Å². The van der Waals surface area contributed by atoms with E-state index in [1.807, 2.05) is 6.92 Å². The molecule has 130 valence electrons. The van der Waals surface area contributed by atoms with Gasteiger partial charge in [-0.2, -0.15) is 0 Å². The SMILES string of the molecule is Cc1cc(C)c(-n2cc(C)c3c(NCC4CC4)nc(C)nc32)c(C)c1. The molecule has 4 heteroatoms. The summed E-state index contributed by atoms with van der Waals surface area (Å²) in [5, 5.41) is 4.71. The Morgan fingerprint density at radius 2 is 1.68 bits per heavy atom. The van der Waals surface area contributed by atoms with Crippen LogP contribution in [-0.4, -0.2) is 21.1 Å². The first-order valence-electron chi connectivity index (χ1n) is 9.12. The second kappa shape index (κ2) is 5.87. The van der Waals surface area contributed by atoms with Crippen molar-refractivity contribution in [1.82, 2.24) is 14.5 Å². The highest BCUT2D eigenvalue weighted by Crippen LogP contribution is 2.33. The maximum atomic E-state index is 4.79. The third-order valence-corrected chi connectivity index (χ3v) is 5.08. The Kier molecular flexibility index (Phi) is 3.78. The summed E-state index contributed by atoms with van der Waals surface area (Å²) in [6.45, 7) is 11.6. The van der Waals surface area contributed by atoms with E-state index in [-0.39, 0.29) is 0 Å². The lowest BCUT2D eigenvalue weighted by Gasteiger charge is -2.14. The highest BCUT2D eigenvalue weighted by Gasteiger charge is 2.22. The number of nitrogens with zero attached hydrogens (tertiary/aromatic N) is 3. The summed E-state index contributed by atoms with van der Waals surface area (Å²) in [5.41, 5.74) is 7.29. The standard InChI is InChI=1S/C21H26N4/c1-12-8-13(2)19(14(3)9-12)25-11-15(4)18-20(22-10-17-6-7-17)23-16(5)24-21(18)25/h8-9,11,17H,6-7,10H2,1-5H3,(H,22,23,24). The second-order valence-electron chi connectivity index (χ2n) is 7.57. The van der Waals surface area contributed by atoms with Crippen LogP contribution in [-0.2, 0) is 0 Å². The van der Waals surface area contributed by atoms with E-state index in [0.717, 1.165) is 35.1 Å². The summed E-state index contributed by atoms with van der Waals surface area (Å²) in [6.07, 6.45) is 4.87. The Balaban J connectivity index is 1.91. The van der Waals surface area contributed by atoms with Gasteiger partial charge >= 0.3 is 0 Å². The minimum atomic E-state index is 0.813. The fraction of sp³-hybridized carbons (Fsp3) is 0.429. The molecular weight excluding hydrogens is 308 g/mol. The largest absolute Gasteiger partial charge is 0.369 e. The zero-order chi connectivity index (χ0) is 17.7. The van der Waals surface area contributed by atoms with Crippen LogP contribution in [0.1, 0.15) is 40.9 Å². The fourth-order valence-corrected chi connectivity index (χ4v) is 3.83. The number of hydrogen-bond acceptors (Lipinski definition) is 3. The van der Waals surface area contributed by atoms with E-state index in [4.69, 9.17) is 9.97 Å². The van der Waals surface area contributed by atoms with E-state index in [9.17, 15) is 0 Å². The zero-order valence-corrected chi connectivity index (χ0v) is 15.8. The predicted octanol–water partition coefficient (Wildman–Crippen LogP) is 4.78. The number of fused-ring (bicyclic) bond motifs is 1. The van der Waals surface area contributed by atoms with E-state index in [2.05, 4.69) is 55.9 Å². The first-order valence-corrected chi connectivity index (χ1v) is 9.12. The Bertz CT molecular complexity index is 941. The molecule has 25 heavy (non-hydrogen) atoms. The van der Waals surface area contributed by atoms with Gasteiger partial charge in [0.1, 0.15) is 11.6 Å². The summed E-state index contributed by atoms with van der Waals surface area (Å²) in [6, 6.07) is 4.48. The van der Waals surface area contributed by atoms with Gasteiger partial charge in [-0.15, -0.1) is 0 Å². The first kappa shape index (κ1) is 16.1. The molecule has 3 aromatic rings. The Labute approximate surface area is 149 Å². The van der Waals surface area contributed by atoms with Crippen LogP contribution in [0.15, 0.2) is 18.3 Å². The Morgan fingerprint density at radius 1 is 1.00 bits per heavy atom. The average molecular weight is 334 g/mol. The molecule has 4 nitrogen and oxygen atoms in total. The molecule has 2 heterocycles. The maximum absolute atomic E-state index is 4.79. The molecule has 1 aliphatic carbocycles. The van der Waals surface area contributed by atoms with Crippen molar-refractivity contribution in [3.8, 4) is 5.69 Å². The van der Waals surface area contributed by atoms with Crippen LogP contribution in [0.5, 0.6) is 0 Å². The molecule has 4 rings (SSSR count). The molecule has 0 bridgehead atoms. The van der Waals surface area contributed by atoms with E-state index < -0.39 is 0 Å². The molecule has 1 saturated carbocycles. The second-order valence-corrected chi connectivity index (χ2v) is 7.57. The van der Waals surface area contributed by atoms with Crippen LogP contribution in [0.2, 0.25) is 0 Å². The van der Waals surface area contributed by atoms with Gasteiger partial charge in [0.05, 0.1) is 11.1 Å². The van der Waals surface area contributed by atoms with Gasteiger partial charge in [-0.3, -0.25) is 0 Å². The van der Waals surface area contributed by atoms with Crippen LogP contribution in [0.4, 0.5) is 5.82 Å². The molecule has 0 saturated heterocycles. The molecular formula is C21H26N4. The molecule has 1 N–H and O–H groups in total. The number of rotatable bonds is 4. The maximum Gasteiger partial charge on any atom is 0.150 e. The normalized spacial score (nSPS) is 14.3. The number of aromatic nitrogens is 3. The summed E-state index contributed by atoms with van der Waals surface area (Å²) in [4.78, 5) is 9.49. The lowest BCUT2D eigenvalue weighted by molar-refractivity contribution is 0.880. The molecule has 0 spiro atoms. The smallest absolute Gasteiger partial charge is 0.150 e. The van der Waals surface area contributed by atoms with Crippen molar-refractivity contribution in [3.05, 3.63) is 46.4 Å². The van der Waals surface area contributed by atoms with Gasteiger partial charge in [-0.05, 0) is 70.1 Å². The van der Waals surface area contributed by atoms with Crippen molar-refractivity contribution in [3.63, 3.8) is 0 Å². The third-order valence-electron chi connectivity index (χ3n) is 5.08. The van der Waals surface area contributed by atoms with Gasteiger partial charge in [0.2, 0.25) is 0 Å². The lowest BCUT2D eigenvalue weighted by atomic mass is 10.1. The summed E-state index contributed by atoms with van der Waals surface area (Å²) in [7, 11) is 0. The Morgan fingerprint density at radius 3 is 2.32 bits per heavy atom. The lowest BCUT2D eigenvalue weighted by Crippen LogP contribution is -2.08. The van der Waals surface area contributed by atoms with E-state index >= 15 is 0 Å². The van der Waals surface area contributed by atoms with Crippen LogP contribution in [0.25, 0.3) is 16.7 Å². The summed E-state index contributed by atoms with van der Waals surface area (Å²) >= 11 is 0. The van der Waals surface area contributed by atoms with E-state index in [1.54, 1.807) is 0 Å². The van der Waals surface area contributed by atoms with Crippen molar-refractivity contribution in [2.24, 2.45) is 5.92 Å². The average Bonchev–Trinajstić information content (AvgIpc) is 3.29. The topological polar surface area (TPSA) is 42.7 Å². The van der Waals surface area contributed by atoms with Crippen molar-refractivity contribution in [1.29, 1.82) is 0 Å². The van der Waals surface area contributed by atoms with Crippen molar-refractivity contribution < 1.29 is 0 Å². The zero-order valence-electron chi connectivity index (χ0n) is 15.8. The van der Waals surface area contributed by atoms with Crippen molar-refractivity contribution in [2.75, 3.05) is 11.9 Å². The fourth-order valence-electron chi connectivity index (χ4n) is 3.83. The first-order chi connectivity index (χ1) is 11.9. The summed E-state index contributed by atoms with van der Waals surface area (Å²) < 4.78 is 2.24. The van der Waals surface area contributed by atoms with Crippen molar-refractivity contribution in [2.45, 2.75) is 47.5 Å². The predicted molar refractivity (Wildman–Crippen MR) is 104 cm³/mol. The van der Waals surface area contributed by atoms with Gasteiger partial charge < -0.3 is 9.88 Å². The monoisotopic (exact) mass is 334 g/mol. The van der Waals surface area contributed by atoms with Gasteiger partial charge in [0.25, 0.3) is 0 Å². The quantitative estimate of drug-likeness (QED) is 0.746. The van der Waals surface area contributed by atoms with Crippen LogP contribution >= 0.6 is 0 Å². The molecule has 1 fully saturated rings. The number of anilines is 1. The van der Waals surface area contributed by atoms with Crippen LogP contribution in [0.3, 0.4) is 0 Å². The van der Waals surface area contributed by atoms with Gasteiger partial charge in [0, 0.05) is 12.7 Å². The molecule has 2 aromatic heterocycles. The molecule has 0 unspecified atom stereocenters. The van der Waals surface area contributed by atoms with Gasteiger partial charge in [0.15, 0.2) is 5.65 Å². The minimum absolute atomic E-state index is 0.813. The van der Waals surface area contributed by atoms with Crippen molar-refractivity contribution >= 4 is 16.9 Å². The summed E-state index contributed by atoms with van der Waals surface area (Å²) in [5.74, 6) is 2.61. The number of hydrogen-bond donors (Lipinski definition) is 1. The molecule has 1 aromatic carbocycles. The number of nitrogens with one attached hydrogen (secondary N) is 1. The molecule has 0 aliphatic heterocycles. The van der Waals surface area contributed by atoms with Gasteiger partial charge in [-0.1, -0.05) is 17.7 Å². The molecule has 0 atom stereocenters. The van der Waals surface area contributed by atoms with Crippen LogP contribution < -0.4 is 5.32 Å². The minimum Gasteiger partial charge on any atom is -0.369 e. The third kappa shape index (κ3) is 2.90. The molecule has 0 radical (unpaired) electrons. The number of aryl methyl sites for hydroxylation is 5. The van der Waals surface area contributed by atoms with E-state index in [0.29, 0.717) is 0 Å². The highest BCUT2D eigenvalue weighted by atomic mass is 15.1. The van der Waals surface area contributed by atoms with E-state index in [1.165, 1.54) is 40.8 Å². The Hall–Kier alpha value is -2.36. The molecule has 0 amide bonds. The van der Waals surface area contributed by atoms with Crippen LogP contribution in [0, 0.1) is 40.5 Å². The number of benzene rings is 1. The molecule has 1 aliphatic rings.